The van der Waals surface area contributed by atoms with E-state index < -0.39 is 11.9 Å². The van der Waals surface area contributed by atoms with Gasteiger partial charge in [0, 0.05) is 19.6 Å². The fraction of sp³-hybridized carbons (Fsp3) is 0.867. The van der Waals surface area contributed by atoms with E-state index >= 15 is 0 Å². The summed E-state index contributed by atoms with van der Waals surface area (Å²) < 4.78 is 0. The van der Waals surface area contributed by atoms with E-state index in [0.717, 1.165) is 12.5 Å². The monoisotopic (exact) mass is 282 g/mol. The van der Waals surface area contributed by atoms with Crippen LogP contribution in [0, 0.1) is 23.7 Å². The summed E-state index contributed by atoms with van der Waals surface area (Å²) in [6.07, 6.45) is 4.29. The summed E-state index contributed by atoms with van der Waals surface area (Å²) in [6, 6.07) is -0.0980. The molecule has 1 saturated heterocycles. The van der Waals surface area contributed by atoms with Crippen molar-refractivity contribution in [2.24, 2.45) is 23.7 Å². The molecule has 1 aliphatic carbocycles. The summed E-state index contributed by atoms with van der Waals surface area (Å²) in [5.41, 5.74) is 0. The van der Waals surface area contributed by atoms with Crippen LogP contribution in [-0.4, -0.2) is 41.6 Å². The van der Waals surface area contributed by atoms with Crippen LogP contribution in [0.3, 0.4) is 0 Å². The van der Waals surface area contributed by atoms with Gasteiger partial charge >= 0.3 is 12.0 Å². The predicted octanol–water partition coefficient (Wildman–Crippen LogP) is 2.17. The largest absolute Gasteiger partial charge is 0.481 e. The number of likely N-dealkylation sites (tertiary alicyclic amines) is 1. The number of carbonyl (C=O) groups is 2. The summed E-state index contributed by atoms with van der Waals surface area (Å²) in [7, 11) is 0. The van der Waals surface area contributed by atoms with Gasteiger partial charge in [-0.15, -0.1) is 0 Å². The number of hydrogen-bond acceptors (Lipinski definition) is 2. The average molecular weight is 282 g/mol. The van der Waals surface area contributed by atoms with Crippen molar-refractivity contribution in [2.75, 3.05) is 19.6 Å². The number of urea groups is 1. The SMILES string of the molecule is CC1CCCC(CNC(=O)N2CCC(C(=O)O)C2)C1C. The summed E-state index contributed by atoms with van der Waals surface area (Å²) in [4.78, 5) is 24.6. The summed E-state index contributed by atoms with van der Waals surface area (Å²) >= 11 is 0. The van der Waals surface area contributed by atoms with Gasteiger partial charge in [-0.2, -0.15) is 0 Å². The third-order valence-electron chi connectivity index (χ3n) is 5.22. The molecule has 4 atom stereocenters. The maximum absolute atomic E-state index is 12.1. The van der Waals surface area contributed by atoms with Crippen molar-refractivity contribution in [1.29, 1.82) is 0 Å². The smallest absolute Gasteiger partial charge is 0.317 e. The molecule has 4 unspecified atom stereocenters. The molecule has 1 heterocycles. The first-order chi connectivity index (χ1) is 9.49. The van der Waals surface area contributed by atoms with Crippen LogP contribution in [-0.2, 0) is 4.79 Å². The number of nitrogens with zero attached hydrogens (tertiary/aromatic N) is 1. The minimum absolute atomic E-state index is 0.0980. The molecule has 20 heavy (non-hydrogen) atoms. The highest BCUT2D eigenvalue weighted by atomic mass is 16.4. The molecule has 1 aliphatic heterocycles. The lowest BCUT2D eigenvalue weighted by Gasteiger charge is -2.34. The normalized spacial score (nSPS) is 34.0. The number of nitrogens with one attached hydrogen (secondary N) is 1. The van der Waals surface area contributed by atoms with Crippen molar-refractivity contribution >= 4 is 12.0 Å². The molecule has 2 rings (SSSR count). The Morgan fingerprint density at radius 2 is 2.00 bits per heavy atom. The predicted molar refractivity (Wildman–Crippen MR) is 76.4 cm³/mol. The quantitative estimate of drug-likeness (QED) is 0.833. The molecule has 2 amide bonds. The Balaban J connectivity index is 1.76. The number of hydrogen-bond donors (Lipinski definition) is 2. The maximum Gasteiger partial charge on any atom is 0.317 e. The van der Waals surface area contributed by atoms with Crippen molar-refractivity contribution in [1.82, 2.24) is 10.2 Å². The first-order valence-corrected chi connectivity index (χ1v) is 7.74. The highest BCUT2D eigenvalue weighted by Crippen LogP contribution is 2.33. The van der Waals surface area contributed by atoms with Gasteiger partial charge in [-0.25, -0.2) is 4.79 Å². The molecule has 0 spiro atoms. The molecule has 2 fully saturated rings. The fourth-order valence-electron chi connectivity index (χ4n) is 3.46. The molecule has 0 aromatic rings. The molecule has 0 radical (unpaired) electrons. The summed E-state index contributed by atoms with van der Waals surface area (Å²) in [5.74, 6) is 0.744. The van der Waals surface area contributed by atoms with Gasteiger partial charge in [0.1, 0.15) is 0 Å². The Morgan fingerprint density at radius 1 is 1.25 bits per heavy atom. The first kappa shape index (κ1) is 15.1. The average Bonchev–Trinajstić information content (AvgIpc) is 2.90. The second kappa shape index (κ2) is 6.46. The lowest BCUT2D eigenvalue weighted by Crippen LogP contribution is -2.43. The Morgan fingerprint density at radius 3 is 2.65 bits per heavy atom. The highest BCUT2D eigenvalue weighted by Gasteiger charge is 2.32. The molecule has 2 aliphatic rings. The van der Waals surface area contributed by atoms with Crippen molar-refractivity contribution in [3.63, 3.8) is 0 Å². The molecule has 2 N–H and O–H groups in total. The van der Waals surface area contributed by atoms with Crippen LogP contribution in [0.25, 0.3) is 0 Å². The number of aliphatic carboxylic acids is 1. The maximum atomic E-state index is 12.1. The second-order valence-electron chi connectivity index (χ2n) is 6.48. The Labute approximate surface area is 120 Å². The van der Waals surface area contributed by atoms with Gasteiger partial charge in [-0.3, -0.25) is 4.79 Å². The van der Waals surface area contributed by atoms with Gasteiger partial charge in [0.25, 0.3) is 0 Å². The van der Waals surface area contributed by atoms with E-state index in [9.17, 15) is 9.59 Å². The van der Waals surface area contributed by atoms with Gasteiger partial charge in [0.2, 0.25) is 0 Å². The summed E-state index contributed by atoms with van der Waals surface area (Å²) in [5, 5.41) is 12.0. The van der Waals surface area contributed by atoms with Crippen LogP contribution in [0.4, 0.5) is 4.79 Å². The number of carboxylic acids is 1. The van der Waals surface area contributed by atoms with E-state index in [0.29, 0.717) is 31.3 Å². The van der Waals surface area contributed by atoms with Crippen LogP contribution in [0.15, 0.2) is 0 Å². The molecule has 5 nitrogen and oxygen atoms in total. The van der Waals surface area contributed by atoms with Crippen LogP contribution in [0.1, 0.15) is 39.5 Å². The zero-order chi connectivity index (χ0) is 14.7. The van der Waals surface area contributed by atoms with E-state index in [2.05, 4.69) is 19.2 Å². The lowest BCUT2D eigenvalue weighted by molar-refractivity contribution is -0.141. The Kier molecular flexibility index (Phi) is 4.89. The van der Waals surface area contributed by atoms with Crippen LogP contribution < -0.4 is 5.32 Å². The van der Waals surface area contributed by atoms with Gasteiger partial charge in [0.15, 0.2) is 0 Å². The van der Waals surface area contributed by atoms with Crippen molar-refractivity contribution in [3.05, 3.63) is 0 Å². The zero-order valence-electron chi connectivity index (χ0n) is 12.5. The molecule has 0 bridgehead atoms. The fourth-order valence-corrected chi connectivity index (χ4v) is 3.46. The third kappa shape index (κ3) is 3.44. The van der Waals surface area contributed by atoms with E-state index in [1.165, 1.54) is 19.3 Å². The molecule has 0 aromatic heterocycles. The highest BCUT2D eigenvalue weighted by molar-refractivity contribution is 5.77. The zero-order valence-corrected chi connectivity index (χ0v) is 12.5. The second-order valence-corrected chi connectivity index (χ2v) is 6.48. The molecule has 0 aromatic carbocycles. The lowest BCUT2D eigenvalue weighted by atomic mass is 9.74. The van der Waals surface area contributed by atoms with E-state index in [4.69, 9.17) is 5.11 Å². The van der Waals surface area contributed by atoms with Gasteiger partial charge in [-0.05, 0) is 30.6 Å². The number of carboxylic acid groups (broad SMARTS) is 1. The Bertz CT molecular complexity index is 372. The van der Waals surface area contributed by atoms with Crippen molar-refractivity contribution in [3.8, 4) is 0 Å². The van der Waals surface area contributed by atoms with Crippen LogP contribution in [0.2, 0.25) is 0 Å². The van der Waals surface area contributed by atoms with Crippen LogP contribution in [0.5, 0.6) is 0 Å². The number of rotatable bonds is 3. The van der Waals surface area contributed by atoms with Crippen molar-refractivity contribution in [2.45, 2.75) is 39.5 Å². The minimum atomic E-state index is -0.796. The van der Waals surface area contributed by atoms with E-state index in [-0.39, 0.29) is 6.03 Å². The standard InChI is InChI=1S/C15H26N2O3/c1-10-4-3-5-12(11(10)2)8-16-15(20)17-7-6-13(9-17)14(18)19/h10-13H,3-9H2,1-2H3,(H,16,20)(H,18,19). The van der Waals surface area contributed by atoms with E-state index in [1.807, 2.05) is 0 Å². The van der Waals surface area contributed by atoms with E-state index in [1.54, 1.807) is 4.90 Å². The molecular formula is C15H26N2O3. The number of carbonyl (C=O) groups excluding carboxylic acids is 1. The molecular weight excluding hydrogens is 256 g/mol. The topological polar surface area (TPSA) is 69.6 Å². The third-order valence-corrected chi connectivity index (χ3v) is 5.22. The van der Waals surface area contributed by atoms with Gasteiger partial charge < -0.3 is 15.3 Å². The molecule has 5 heteroatoms. The minimum Gasteiger partial charge on any atom is -0.481 e. The van der Waals surface area contributed by atoms with Gasteiger partial charge in [0.05, 0.1) is 5.92 Å². The molecule has 1 saturated carbocycles. The first-order valence-electron chi connectivity index (χ1n) is 7.74. The van der Waals surface area contributed by atoms with Crippen LogP contribution >= 0.6 is 0 Å². The molecule has 114 valence electrons. The summed E-state index contributed by atoms with van der Waals surface area (Å²) in [6.45, 7) is 6.18. The van der Waals surface area contributed by atoms with Crippen molar-refractivity contribution < 1.29 is 14.7 Å². The van der Waals surface area contributed by atoms with Gasteiger partial charge in [-0.1, -0.05) is 26.7 Å². The Hall–Kier alpha value is -1.26. The number of amides is 2.